The van der Waals surface area contributed by atoms with E-state index in [-0.39, 0.29) is 19.8 Å². The summed E-state index contributed by atoms with van der Waals surface area (Å²) in [6.45, 7) is 7.24. The van der Waals surface area contributed by atoms with Gasteiger partial charge in [-0.15, -0.1) is 0 Å². The van der Waals surface area contributed by atoms with Crippen molar-refractivity contribution in [2.45, 2.75) is 6.92 Å². The van der Waals surface area contributed by atoms with Crippen molar-refractivity contribution in [3.05, 3.63) is 0 Å². The van der Waals surface area contributed by atoms with Gasteiger partial charge in [-0.1, -0.05) is 0 Å². The summed E-state index contributed by atoms with van der Waals surface area (Å²) in [7, 11) is -2.44. The van der Waals surface area contributed by atoms with Crippen molar-refractivity contribution >= 4 is 14.5 Å². The van der Waals surface area contributed by atoms with Gasteiger partial charge < -0.3 is 9.63 Å². The Morgan fingerprint density at radius 1 is 1.33 bits per heavy atom. The molecule has 1 atom stereocenters. The Labute approximate surface area is 90.1 Å². The smallest absolute Gasteiger partial charge is 0.382 e. The maximum absolute atomic E-state index is 11.2. The minimum atomic E-state index is -3.92. The first-order valence-electron chi connectivity index (χ1n) is 4.68. The van der Waals surface area contributed by atoms with Gasteiger partial charge in [-0.25, -0.2) is 9.14 Å². The highest BCUT2D eigenvalue weighted by molar-refractivity contribution is 7.47. The van der Waals surface area contributed by atoms with E-state index < -0.39 is 7.82 Å². The van der Waals surface area contributed by atoms with Crippen LogP contribution in [-0.2, 0) is 18.3 Å². The predicted octanol–water partition coefficient (Wildman–Crippen LogP) is 0.499. The Morgan fingerprint density at radius 3 is 2.47 bits per heavy atom. The lowest BCUT2D eigenvalue weighted by Crippen LogP contribution is -2.15. The third-order valence-electron chi connectivity index (χ3n) is 1.65. The third kappa shape index (κ3) is 8.72. The molecule has 0 aromatic rings. The number of nitrogens with zero attached hydrogens (tertiary/aromatic N) is 1. The van der Waals surface area contributed by atoms with E-state index in [9.17, 15) is 4.57 Å². The van der Waals surface area contributed by atoms with Crippen molar-refractivity contribution < 1.29 is 27.8 Å². The minimum Gasteiger partial charge on any atom is -0.382 e. The van der Waals surface area contributed by atoms with Crippen molar-refractivity contribution in [1.29, 1.82) is 0 Å². The summed E-state index contributed by atoms with van der Waals surface area (Å²) in [5, 5.41) is 0. The molecule has 0 aromatic heterocycles. The Morgan fingerprint density at radius 2 is 1.93 bits per heavy atom. The SMILES string of the molecule is C=[N+](CC)CCOP(=O)(O)OCCOC. The maximum atomic E-state index is 11.2. The zero-order valence-corrected chi connectivity index (χ0v) is 10.1. The maximum Gasteiger partial charge on any atom is 0.472 e. The lowest BCUT2D eigenvalue weighted by Gasteiger charge is -2.10. The van der Waals surface area contributed by atoms with Crippen LogP contribution in [0, 0.1) is 0 Å². The van der Waals surface area contributed by atoms with Crippen molar-refractivity contribution in [2.24, 2.45) is 0 Å². The number of hydrogen-bond donors (Lipinski definition) is 1. The minimum absolute atomic E-state index is 0.0339. The molecule has 0 saturated carbocycles. The van der Waals surface area contributed by atoms with E-state index in [1.165, 1.54) is 7.11 Å². The first-order chi connectivity index (χ1) is 7.02. The van der Waals surface area contributed by atoms with Gasteiger partial charge in [-0.3, -0.25) is 9.05 Å². The zero-order valence-electron chi connectivity index (χ0n) is 9.22. The van der Waals surface area contributed by atoms with E-state index in [4.69, 9.17) is 9.42 Å². The van der Waals surface area contributed by atoms with Gasteiger partial charge in [0.05, 0.1) is 13.2 Å². The van der Waals surface area contributed by atoms with Gasteiger partial charge in [0.15, 0.2) is 6.54 Å². The molecule has 15 heavy (non-hydrogen) atoms. The third-order valence-corrected chi connectivity index (χ3v) is 2.67. The summed E-state index contributed by atoms with van der Waals surface area (Å²) < 4.78 is 26.9. The van der Waals surface area contributed by atoms with Crippen molar-refractivity contribution in [3.8, 4) is 0 Å². The molecule has 7 heteroatoms. The van der Waals surface area contributed by atoms with Crippen LogP contribution in [-0.4, -0.2) is 56.2 Å². The first-order valence-corrected chi connectivity index (χ1v) is 6.17. The molecule has 6 nitrogen and oxygen atoms in total. The molecule has 0 aliphatic carbocycles. The number of ether oxygens (including phenoxy) is 1. The van der Waals surface area contributed by atoms with Crippen LogP contribution in [0.1, 0.15) is 6.92 Å². The molecule has 0 radical (unpaired) electrons. The molecule has 0 fully saturated rings. The van der Waals surface area contributed by atoms with Crippen LogP contribution in [0.25, 0.3) is 0 Å². The second-order valence-electron chi connectivity index (χ2n) is 2.84. The Bertz CT molecular complexity index is 233. The quantitative estimate of drug-likeness (QED) is 0.275. The molecule has 0 aromatic carbocycles. The number of hydrogen-bond acceptors (Lipinski definition) is 4. The number of rotatable bonds is 9. The Hall–Kier alpha value is -0.260. The Balaban J connectivity index is 3.64. The van der Waals surface area contributed by atoms with E-state index >= 15 is 0 Å². The summed E-state index contributed by atoms with van der Waals surface area (Å²) in [6, 6.07) is 0. The molecule has 0 aliphatic heterocycles. The van der Waals surface area contributed by atoms with E-state index in [1.54, 1.807) is 4.58 Å². The monoisotopic (exact) mass is 240 g/mol. The molecule has 90 valence electrons. The lowest BCUT2D eigenvalue weighted by molar-refractivity contribution is -0.517. The number of phosphoric ester groups is 1. The van der Waals surface area contributed by atoms with Crippen LogP contribution in [0.15, 0.2) is 0 Å². The molecule has 0 heterocycles. The summed E-state index contributed by atoms with van der Waals surface area (Å²) in [4.78, 5) is 9.14. The van der Waals surface area contributed by atoms with Crippen molar-refractivity contribution in [1.82, 2.24) is 0 Å². The summed E-state index contributed by atoms with van der Waals surface area (Å²) in [5.41, 5.74) is 0. The van der Waals surface area contributed by atoms with Gasteiger partial charge in [-0.2, -0.15) is 0 Å². The van der Waals surface area contributed by atoms with E-state index in [2.05, 4.69) is 16.0 Å². The topological polar surface area (TPSA) is 68.0 Å². The average molecular weight is 240 g/mol. The van der Waals surface area contributed by atoms with Crippen LogP contribution in [0.3, 0.4) is 0 Å². The van der Waals surface area contributed by atoms with Crippen LogP contribution >= 0.6 is 7.82 Å². The predicted molar refractivity (Wildman–Crippen MR) is 56.4 cm³/mol. The second kappa shape index (κ2) is 7.96. The van der Waals surface area contributed by atoms with Crippen LogP contribution in [0.2, 0.25) is 0 Å². The zero-order chi connectivity index (χ0) is 11.7. The Kier molecular flexibility index (Phi) is 7.82. The standard InChI is InChI=1S/C8H18NO5P/c1-4-9(2)5-6-13-15(10,11)14-8-7-12-3/h2,4-8H2,1,3H3/p+1. The fourth-order valence-electron chi connectivity index (χ4n) is 0.717. The van der Waals surface area contributed by atoms with E-state index in [1.807, 2.05) is 6.92 Å². The molecule has 0 aliphatic rings. The second-order valence-corrected chi connectivity index (χ2v) is 4.29. The van der Waals surface area contributed by atoms with Gasteiger partial charge in [0, 0.05) is 7.11 Å². The summed E-state index contributed by atoms with van der Waals surface area (Å²) in [6.07, 6.45) is 0. The van der Waals surface area contributed by atoms with Gasteiger partial charge in [0.1, 0.15) is 19.9 Å². The summed E-state index contributed by atoms with van der Waals surface area (Å²) >= 11 is 0. The molecule has 0 bridgehead atoms. The largest absolute Gasteiger partial charge is 0.472 e. The van der Waals surface area contributed by atoms with Crippen molar-refractivity contribution in [2.75, 3.05) is 40.0 Å². The number of methoxy groups -OCH3 is 1. The molecular formula is C8H19NO5P+. The fourth-order valence-corrected chi connectivity index (χ4v) is 1.41. The fraction of sp³-hybridized carbons (Fsp3) is 0.875. The highest BCUT2D eigenvalue weighted by Gasteiger charge is 2.20. The molecule has 0 saturated heterocycles. The van der Waals surface area contributed by atoms with E-state index in [0.717, 1.165) is 6.54 Å². The molecule has 0 rings (SSSR count). The first kappa shape index (κ1) is 14.7. The molecule has 1 unspecified atom stereocenters. The highest BCUT2D eigenvalue weighted by atomic mass is 31.2. The van der Waals surface area contributed by atoms with Gasteiger partial charge >= 0.3 is 7.82 Å². The van der Waals surface area contributed by atoms with Crippen molar-refractivity contribution in [3.63, 3.8) is 0 Å². The molecule has 0 amide bonds. The van der Waals surface area contributed by atoms with Gasteiger partial charge in [0.25, 0.3) is 0 Å². The molecule has 1 N–H and O–H groups in total. The van der Waals surface area contributed by atoms with Crippen LogP contribution in [0.5, 0.6) is 0 Å². The van der Waals surface area contributed by atoms with Crippen LogP contribution < -0.4 is 0 Å². The van der Waals surface area contributed by atoms with Gasteiger partial charge in [-0.05, 0) is 6.92 Å². The van der Waals surface area contributed by atoms with Gasteiger partial charge in [0.2, 0.25) is 0 Å². The molecule has 0 spiro atoms. The molecular weight excluding hydrogens is 221 g/mol. The summed E-state index contributed by atoms with van der Waals surface area (Å²) in [5.74, 6) is 0. The number of phosphoric acid groups is 1. The highest BCUT2D eigenvalue weighted by Crippen LogP contribution is 2.42. The lowest BCUT2D eigenvalue weighted by atomic mass is 10.6. The van der Waals surface area contributed by atoms with Crippen LogP contribution in [0.4, 0.5) is 0 Å². The number of likely N-dealkylation sites (N-methyl/N-ethyl adjacent to an activating group) is 1. The van der Waals surface area contributed by atoms with E-state index in [0.29, 0.717) is 6.54 Å². The normalized spacial score (nSPS) is 14.9. The average Bonchev–Trinajstić information content (AvgIpc) is 2.17.